The van der Waals surface area contributed by atoms with Crippen molar-refractivity contribution in [3.63, 3.8) is 0 Å². The third-order valence-electron chi connectivity index (χ3n) is 3.68. The van der Waals surface area contributed by atoms with Crippen LogP contribution in [0.2, 0.25) is 5.02 Å². The summed E-state index contributed by atoms with van der Waals surface area (Å²) in [6.07, 6.45) is 0. The Morgan fingerprint density at radius 3 is 2.57 bits per heavy atom. The van der Waals surface area contributed by atoms with Crippen LogP contribution in [0.25, 0.3) is 0 Å². The number of benzene rings is 2. The summed E-state index contributed by atoms with van der Waals surface area (Å²) in [7, 11) is 0. The molecule has 116 valence electrons. The smallest absolute Gasteiger partial charge is 0.275 e. The molecule has 23 heavy (non-hydrogen) atoms. The zero-order valence-corrected chi connectivity index (χ0v) is 13.1. The number of fused-ring (bicyclic) bond motifs is 1. The molecule has 0 unspecified atom stereocenters. The van der Waals surface area contributed by atoms with Gasteiger partial charge in [0.2, 0.25) is 0 Å². The van der Waals surface area contributed by atoms with E-state index in [2.05, 4.69) is 10.3 Å². The van der Waals surface area contributed by atoms with Crippen LogP contribution in [-0.2, 0) is 4.79 Å². The molecule has 0 aliphatic carbocycles. The van der Waals surface area contributed by atoms with Crippen molar-refractivity contribution in [2.24, 2.45) is 4.99 Å². The summed E-state index contributed by atoms with van der Waals surface area (Å²) >= 11 is 6.19. The normalized spacial score (nSPS) is 14.7. The van der Waals surface area contributed by atoms with Gasteiger partial charge >= 0.3 is 0 Å². The molecule has 1 N–H and O–H groups in total. The molecular formula is C16H12ClN3O3. The van der Waals surface area contributed by atoms with Crippen LogP contribution in [0.15, 0.2) is 35.3 Å². The lowest BCUT2D eigenvalue weighted by molar-refractivity contribution is -0.385. The highest BCUT2D eigenvalue weighted by atomic mass is 35.5. The number of aliphatic imine (C=N–C) groups is 1. The molecule has 0 bridgehead atoms. The van der Waals surface area contributed by atoms with Crippen molar-refractivity contribution in [3.8, 4) is 0 Å². The number of aryl methyl sites for hydroxylation is 2. The zero-order chi connectivity index (χ0) is 16.7. The van der Waals surface area contributed by atoms with Gasteiger partial charge in [0.1, 0.15) is 5.71 Å². The average Bonchev–Trinajstić information content (AvgIpc) is 2.83. The number of nitro benzene ring substituents is 1. The van der Waals surface area contributed by atoms with Crippen LogP contribution < -0.4 is 5.32 Å². The quantitative estimate of drug-likeness (QED) is 0.669. The van der Waals surface area contributed by atoms with E-state index in [0.29, 0.717) is 27.5 Å². The summed E-state index contributed by atoms with van der Waals surface area (Å²) in [5.41, 5.74) is 3.01. The predicted octanol–water partition coefficient (Wildman–Crippen LogP) is 3.94. The van der Waals surface area contributed by atoms with E-state index in [1.807, 2.05) is 6.92 Å². The van der Waals surface area contributed by atoms with Gasteiger partial charge in [-0.25, -0.2) is 4.99 Å². The highest BCUT2D eigenvalue weighted by Gasteiger charge is 2.30. The molecule has 1 aliphatic rings. The Kier molecular flexibility index (Phi) is 3.61. The molecule has 0 aromatic heterocycles. The maximum absolute atomic E-state index is 12.2. The number of hydrogen-bond donors (Lipinski definition) is 1. The highest BCUT2D eigenvalue weighted by molar-refractivity contribution is 6.57. The lowest BCUT2D eigenvalue weighted by Crippen LogP contribution is -2.14. The van der Waals surface area contributed by atoms with Crippen molar-refractivity contribution >= 4 is 40.3 Å². The molecule has 0 fully saturated rings. The maximum atomic E-state index is 12.2. The van der Waals surface area contributed by atoms with E-state index < -0.39 is 4.92 Å². The van der Waals surface area contributed by atoms with Crippen LogP contribution in [-0.4, -0.2) is 16.5 Å². The minimum Gasteiger partial charge on any atom is -0.320 e. The number of anilines is 1. The number of carbonyl (C=O) groups is 1. The first-order chi connectivity index (χ1) is 10.9. The summed E-state index contributed by atoms with van der Waals surface area (Å²) in [4.78, 5) is 27.0. The molecule has 6 nitrogen and oxygen atoms in total. The largest absolute Gasteiger partial charge is 0.320 e. The molecule has 7 heteroatoms. The highest BCUT2D eigenvalue weighted by Crippen LogP contribution is 2.35. The number of nitrogens with zero attached hydrogens (tertiary/aromatic N) is 2. The molecule has 0 radical (unpaired) electrons. The van der Waals surface area contributed by atoms with Crippen LogP contribution >= 0.6 is 11.6 Å². The van der Waals surface area contributed by atoms with Crippen molar-refractivity contribution in [1.82, 2.24) is 0 Å². The Morgan fingerprint density at radius 1 is 1.17 bits per heavy atom. The van der Waals surface area contributed by atoms with Gasteiger partial charge in [0, 0.05) is 17.2 Å². The van der Waals surface area contributed by atoms with Crippen molar-refractivity contribution in [2.75, 3.05) is 5.32 Å². The lowest BCUT2D eigenvalue weighted by atomic mass is 10.1. The molecule has 1 aliphatic heterocycles. The molecule has 2 aromatic carbocycles. The van der Waals surface area contributed by atoms with Crippen molar-refractivity contribution < 1.29 is 9.72 Å². The maximum Gasteiger partial charge on any atom is 0.275 e. The first kappa shape index (κ1) is 15.2. The Hall–Kier alpha value is -2.73. The SMILES string of the molecule is Cc1ccc(N=C2C(=O)Nc3c(C)ccc(Cl)c32)cc1[N+](=O)[O-]. The number of rotatable bonds is 2. The van der Waals surface area contributed by atoms with Gasteiger partial charge in [0.15, 0.2) is 0 Å². The van der Waals surface area contributed by atoms with Gasteiger partial charge in [-0.3, -0.25) is 14.9 Å². The first-order valence-corrected chi connectivity index (χ1v) is 7.21. The standard InChI is InChI=1S/C16H12ClN3O3/c1-8-3-5-10(7-12(8)20(22)23)18-15-13-11(17)6-4-9(2)14(13)19-16(15)21/h3-7H,1-2H3,(H,18,19,21). The second-order valence-corrected chi connectivity index (χ2v) is 5.66. The predicted molar refractivity (Wildman–Crippen MR) is 88.8 cm³/mol. The van der Waals surface area contributed by atoms with E-state index in [0.717, 1.165) is 5.56 Å². The van der Waals surface area contributed by atoms with E-state index in [9.17, 15) is 14.9 Å². The molecule has 0 spiro atoms. The number of nitrogens with one attached hydrogen (secondary N) is 1. The minimum absolute atomic E-state index is 0.0409. The molecular weight excluding hydrogens is 318 g/mol. The molecule has 0 saturated carbocycles. The van der Waals surface area contributed by atoms with E-state index in [-0.39, 0.29) is 17.3 Å². The first-order valence-electron chi connectivity index (χ1n) is 6.83. The molecule has 0 atom stereocenters. The fourth-order valence-corrected chi connectivity index (χ4v) is 2.71. The summed E-state index contributed by atoms with van der Waals surface area (Å²) in [5.74, 6) is -0.376. The van der Waals surface area contributed by atoms with E-state index in [4.69, 9.17) is 11.6 Å². The third kappa shape index (κ3) is 2.57. The summed E-state index contributed by atoms with van der Waals surface area (Å²) in [6, 6.07) is 8.08. The molecule has 1 heterocycles. The topological polar surface area (TPSA) is 84.6 Å². The average molecular weight is 330 g/mol. The number of amides is 1. The molecule has 1 amide bonds. The monoisotopic (exact) mass is 329 g/mol. The van der Waals surface area contributed by atoms with Crippen molar-refractivity contribution in [1.29, 1.82) is 0 Å². The van der Waals surface area contributed by atoms with Gasteiger partial charge in [0.05, 0.1) is 21.3 Å². The van der Waals surface area contributed by atoms with Crippen molar-refractivity contribution in [2.45, 2.75) is 13.8 Å². The van der Waals surface area contributed by atoms with Crippen LogP contribution in [0.4, 0.5) is 17.1 Å². The van der Waals surface area contributed by atoms with E-state index in [1.54, 1.807) is 31.2 Å². The van der Waals surface area contributed by atoms with Crippen LogP contribution in [0.3, 0.4) is 0 Å². The minimum atomic E-state index is -0.473. The molecule has 0 saturated heterocycles. The zero-order valence-electron chi connectivity index (χ0n) is 12.4. The van der Waals surface area contributed by atoms with E-state index in [1.165, 1.54) is 6.07 Å². The Labute approximate surface area is 137 Å². The summed E-state index contributed by atoms with van der Waals surface area (Å²) in [5, 5.41) is 14.2. The number of hydrogen-bond acceptors (Lipinski definition) is 4. The summed E-state index contributed by atoms with van der Waals surface area (Å²) < 4.78 is 0. The van der Waals surface area contributed by atoms with Crippen molar-refractivity contribution in [3.05, 3.63) is 62.2 Å². The van der Waals surface area contributed by atoms with Gasteiger partial charge in [-0.15, -0.1) is 0 Å². The Morgan fingerprint density at radius 2 is 1.87 bits per heavy atom. The van der Waals surface area contributed by atoms with E-state index >= 15 is 0 Å². The Bertz CT molecular complexity index is 890. The number of carbonyl (C=O) groups excluding carboxylic acids is 1. The van der Waals surface area contributed by atoms with Gasteiger partial charge in [-0.05, 0) is 31.5 Å². The van der Waals surface area contributed by atoms with Crippen LogP contribution in [0.5, 0.6) is 0 Å². The van der Waals surface area contributed by atoms with Gasteiger partial charge in [-0.1, -0.05) is 23.7 Å². The number of halogens is 1. The molecule has 3 rings (SSSR count). The third-order valence-corrected chi connectivity index (χ3v) is 4.00. The second kappa shape index (κ2) is 5.48. The second-order valence-electron chi connectivity index (χ2n) is 5.26. The van der Waals surface area contributed by atoms with Crippen LogP contribution in [0.1, 0.15) is 16.7 Å². The summed E-state index contributed by atoms with van der Waals surface area (Å²) in [6.45, 7) is 3.50. The fourth-order valence-electron chi connectivity index (χ4n) is 2.46. The molecule has 2 aromatic rings. The Balaban J connectivity index is 2.16. The van der Waals surface area contributed by atoms with Gasteiger partial charge in [-0.2, -0.15) is 0 Å². The number of nitro groups is 1. The fraction of sp³-hybridized carbons (Fsp3) is 0.125. The van der Waals surface area contributed by atoms with Gasteiger partial charge in [0.25, 0.3) is 11.6 Å². The lowest BCUT2D eigenvalue weighted by Gasteiger charge is -2.04. The van der Waals surface area contributed by atoms with Gasteiger partial charge < -0.3 is 5.32 Å². The van der Waals surface area contributed by atoms with Crippen LogP contribution in [0, 0.1) is 24.0 Å².